The van der Waals surface area contributed by atoms with Crippen molar-refractivity contribution in [2.24, 2.45) is 4.99 Å². The number of aromatic nitrogens is 2. The van der Waals surface area contributed by atoms with Crippen molar-refractivity contribution in [3.05, 3.63) is 77.4 Å². The Hall–Kier alpha value is -3.87. The molecule has 2 atom stereocenters. The number of alkyl halides is 1. The van der Waals surface area contributed by atoms with Gasteiger partial charge in [-0.25, -0.2) is 36.5 Å². The molecule has 0 fully saturated rings. The van der Waals surface area contributed by atoms with Crippen molar-refractivity contribution in [1.29, 1.82) is 10.2 Å². The zero-order valence-corrected chi connectivity index (χ0v) is 18.3. The predicted molar refractivity (Wildman–Crippen MR) is 121 cm³/mol. The van der Waals surface area contributed by atoms with E-state index in [1.807, 2.05) is 0 Å². The van der Waals surface area contributed by atoms with Gasteiger partial charge in [0, 0.05) is 18.0 Å². The summed E-state index contributed by atoms with van der Waals surface area (Å²) in [5.74, 6) is -4.24. The number of nitrogens with zero attached hydrogens (tertiary/aromatic N) is 3. The fraction of sp³-hybridized carbons (Fsp3) is 0.143. The minimum absolute atomic E-state index is 0.101. The Bertz CT molecular complexity index is 1350. The Morgan fingerprint density at radius 1 is 1.24 bits per heavy atom. The van der Waals surface area contributed by atoms with Crippen LogP contribution in [0.4, 0.5) is 29.2 Å². The third-order valence-electron chi connectivity index (χ3n) is 4.54. The van der Waals surface area contributed by atoms with Crippen LogP contribution in [0, 0.1) is 27.6 Å². The molecule has 0 bridgehead atoms. The molecule has 1 aromatic heterocycles. The number of hydrogen-bond donors (Lipinski definition) is 4. The van der Waals surface area contributed by atoms with E-state index in [4.69, 9.17) is 15.9 Å². The van der Waals surface area contributed by atoms with Crippen LogP contribution in [0.1, 0.15) is 17.2 Å². The Morgan fingerprint density at radius 2 is 2.00 bits per heavy atom. The van der Waals surface area contributed by atoms with Crippen molar-refractivity contribution in [3.8, 4) is 0 Å². The fourth-order valence-corrected chi connectivity index (χ4v) is 4.18. The average Bonchev–Trinajstić information content (AvgIpc) is 2.79. The van der Waals surface area contributed by atoms with E-state index in [-0.39, 0.29) is 29.5 Å². The highest BCUT2D eigenvalue weighted by Gasteiger charge is 2.24. The SMILES string of the molecule is N=C(c1cccc(NS(=N)(=O)c2cc(F)ccc2F)c1F)C(C=NCCF)c1ccnc(N)n1. The molecular weight excluding hydrogens is 474 g/mol. The summed E-state index contributed by atoms with van der Waals surface area (Å²) in [5.41, 5.74) is 4.68. The lowest BCUT2D eigenvalue weighted by molar-refractivity contribution is 0.505. The standard InChI is InChI=1S/C21H19F4N7OS/c22-7-9-29-11-14(16-6-8-30-21(27)31-16)20(26)13-2-1-3-17(19(13)25)32-34(28,33)18-10-12(23)4-5-15(18)24/h1-6,8,10-11,14,26H,7,9H2,(H2,27,30,31)(H2,28,32,33). The second-order valence-corrected chi connectivity index (χ2v) is 8.63. The minimum Gasteiger partial charge on any atom is -0.368 e. The number of anilines is 2. The van der Waals surface area contributed by atoms with Gasteiger partial charge in [0.05, 0.1) is 29.6 Å². The van der Waals surface area contributed by atoms with E-state index in [2.05, 4.69) is 19.7 Å². The molecule has 0 aliphatic carbocycles. The van der Waals surface area contributed by atoms with Gasteiger partial charge < -0.3 is 11.1 Å². The van der Waals surface area contributed by atoms with Gasteiger partial charge in [-0.3, -0.25) is 9.71 Å². The second kappa shape index (κ2) is 10.4. The molecule has 0 aliphatic rings. The maximum atomic E-state index is 15.4. The number of rotatable bonds is 9. The first-order chi connectivity index (χ1) is 16.1. The van der Waals surface area contributed by atoms with E-state index in [0.29, 0.717) is 12.1 Å². The molecule has 0 radical (unpaired) electrons. The predicted octanol–water partition coefficient (Wildman–Crippen LogP) is 4.10. The van der Waals surface area contributed by atoms with Crippen LogP contribution in [0.25, 0.3) is 0 Å². The maximum Gasteiger partial charge on any atom is 0.220 e. The maximum absolute atomic E-state index is 15.4. The number of halogens is 4. The monoisotopic (exact) mass is 493 g/mol. The lowest BCUT2D eigenvalue weighted by atomic mass is 9.93. The summed E-state index contributed by atoms with van der Waals surface area (Å²) in [4.78, 5) is 10.9. The van der Waals surface area contributed by atoms with Crippen molar-refractivity contribution in [2.75, 3.05) is 23.7 Å². The van der Waals surface area contributed by atoms with E-state index >= 15 is 4.39 Å². The molecule has 1 heterocycles. The zero-order chi connectivity index (χ0) is 24.9. The molecular formula is C21H19F4N7OS. The van der Waals surface area contributed by atoms with Crippen LogP contribution in [-0.2, 0) is 9.92 Å². The quantitative estimate of drug-likeness (QED) is 0.263. The van der Waals surface area contributed by atoms with Crippen molar-refractivity contribution in [3.63, 3.8) is 0 Å². The van der Waals surface area contributed by atoms with Crippen LogP contribution in [0.15, 0.2) is 58.5 Å². The van der Waals surface area contributed by atoms with Gasteiger partial charge in [-0.05, 0) is 30.3 Å². The van der Waals surface area contributed by atoms with Crippen molar-refractivity contribution in [1.82, 2.24) is 9.97 Å². The van der Waals surface area contributed by atoms with E-state index in [1.54, 1.807) is 0 Å². The summed E-state index contributed by atoms with van der Waals surface area (Å²) < 4.78 is 78.3. The van der Waals surface area contributed by atoms with E-state index in [1.165, 1.54) is 30.6 Å². The number of hydrogen-bond acceptors (Lipinski definition) is 7. The van der Waals surface area contributed by atoms with Crippen LogP contribution < -0.4 is 10.5 Å². The van der Waals surface area contributed by atoms with Gasteiger partial charge >= 0.3 is 0 Å². The molecule has 2 aromatic carbocycles. The van der Waals surface area contributed by atoms with Gasteiger partial charge in [0.25, 0.3) is 0 Å². The molecule has 178 valence electrons. The highest BCUT2D eigenvalue weighted by atomic mass is 32.2. The lowest BCUT2D eigenvalue weighted by Gasteiger charge is -2.17. The number of nitrogens with two attached hydrogens (primary N) is 1. The Kier molecular flexibility index (Phi) is 7.56. The lowest BCUT2D eigenvalue weighted by Crippen LogP contribution is -2.20. The summed E-state index contributed by atoms with van der Waals surface area (Å²) in [7, 11) is -4.21. The molecule has 0 spiro atoms. The molecule has 0 saturated carbocycles. The van der Waals surface area contributed by atoms with Gasteiger partial charge in [-0.1, -0.05) is 12.1 Å². The van der Waals surface area contributed by atoms with Crippen molar-refractivity contribution < 1.29 is 21.8 Å². The van der Waals surface area contributed by atoms with E-state index in [9.17, 15) is 17.4 Å². The topological polar surface area (TPSA) is 141 Å². The smallest absolute Gasteiger partial charge is 0.220 e. The Labute approximate surface area is 192 Å². The number of aliphatic imine (C=N–C) groups is 1. The van der Waals surface area contributed by atoms with Crippen LogP contribution >= 0.6 is 0 Å². The molecule has 8 nitrogen and oxygen atoms in total. The molecule has 5 N–H and O–H groups in total. The Balaban J connectivity index is 2.00. The molecule has 3 aromatic rings. The van der Waals surface area contributed by atoms with Crippen LogP contribution in [0.3, 0.4) is 0 Å². The van der Waals surface area contributed by atoms with Gasteiger partial charge in [0.1, 0.15) is 23.2 Å². The molecule has 13 heteroatoms. The highest BCUT2D eigenvalue weighted by molar-refractivity contribution is 7.93. The van der Waals surface area contributed by atoms with Gasteiger partial charge in [-0.15, -0.1) is 0 Å². The largest absolute Gasteiger partial charge is 0.368 e. The summed E-state index contributed by atoms with van der Waals surface area (Å²) in [6.07, 6.45) is 2.55. The molecule has 0 aliphatic heterocycles. The van der Waals surface area contributed by atoms with E-state index in [0.717, 1.165) is 12.1 Å². The second-order valence-electron chi connectivity index (χ2n) is 6.88. The fourth-order valence-electron chi connectivity index (χ4n) is 2.98. The first-order valence-electron chi connectivity index (χ1n) is 9.67. The molecule has 2 unspecified atom stereocenters. The normalized spacial score (nSPS) is 14.0. The zero-order valence-electron chi connectivity index (χ0n) is 17.4. The summed E-state index contributed by atoms with van der Waals surface area (Å²) in [6, 6.07) is 7.21. The summed E-state index contributed by atoms with van der Waals surface area (Å²) >= 11 is 0. The summed E-state index contributed by atoms with van der Waals surface area (Å²) in [6.45, 7) is -0.931. The highest BCUT2D eigenvalue weighted by Crippen LogP contribution is 2.27. The number of nitrogens with one attached hydrogen (secondary N) is 3. The molecule has 3 rings (SSSR count). The summed E-state index contributed by atoms with van der Waals surface area (Å²) in [5, 5.41) is 8.54. The number of benzene rings is 2. The third kappa shape index (κ3) is 5.54. The van der Waals surface area contributed by atoms with Gasteiger partial charge in [-0.2, -0.15) is 0 Å². The minimum atomic E-state index is -4.21. The number of nitrogen functional groups attached to an aromatic ring is 1. The molecule has 0 saturated heterocycles. The Morgan fingerprint density at radius 3 is 2.71 bits per heavy atom. The van der Waals surface area contributed by atoms with Crippen molar-refractivity contribution >= 4 is 33.5 Å². The van der Waals surface area contributed by atoms with Crippen molar-refractivity contribution in [2.45, 2.75) is 10.8 Å². The van der Waals surface area contributed by atoms with Crippen LogP contribution in [-0.4, -0.2) is 39.3 Å². The van der Waals surface area contributed by atoms with Crippen LogP contribution in [0.2, 0.25) is 0 Å². The third-order valence-corrected chi connectivity index (χ3v) is 5.98. The molecule has 0 amide bonds. The molecule has 34 heavy (non-hydrogen) atoms. The first kappa shape index (κ1) is 24.8. The average molecular weight is 493 g/mol. The van der Waals surface area contributed by atoms with Crippen LogP contribution in [0.5, 0.6) is 0 Å². The van der Waals surface area contributed by atoms with E-state index < -0.39 is 50.5 Å². The van der Waals surface area contributed by atoms with Gasteiger partial charge in [0.15, 0.2) is 15.7 Å². The van der Waals surface area contributed by atoms with Gasteiger partial charge in [0.2, 0.25) is 5.95 Å². The first-order valence-corrected chi connectivity index (χ1v) is 11.2.